The van der Waals surface area contributed by atoms with E-state index in [-0.39, 0.29) is 11.7 Å². The fourth-order valence-corrected chi connectivity index (χ4v) is 4.34. The number of carbonyl (C=O) groups is 1. The summed E-state index contributed by atoms with van der Waals surface area (Å²) in [5.41, 5.74) is 7.91. The van der Waals surface area contributed by atoms with Gasteiger partial charge in [-0.3, -0.25) is 4.79 Å². The molecular formula is C27H25N3OS. The van der Waals surface area contributed by atoms with E-state index < -0.39 is 0 Å². The lowest BCUT2D eigenvalue weighted by Crippen LogP contribution is -2.16. The molecule has 0 spiro atoms. The molecule has 3 aromatic carbocycles. The minimum Gasteiger partial charge on any atom is -0.325 e. The van der Waals surface area contributed by atoms with Gasteiger partial charge >= 0.3 is 0 Å². The van der Waals surface area contributed by atoms with Gasteiger partial charge in [0.1, 0.15) is 0 Å². The average Bonchev–Trinajstić information content (AvgIpc) is 2.81. The minimum absolute atomic E-state index is 0.0694. The molecule has 0 fully saturated rings. The van der Waals surface area contributed by atoms with Crippen molar-refractivity contribution in [2.45, 2.75) is 25.9 Å². The molecule has 1 heterocycles. The van der Waals surface area contributed by atoms with Gasteiger partial charge in [-0.05, 0) is 38.0 Å². The van der Waals surface area contributed by atoms with E-state index in [0.717, 1.165) is 39.3 Å². The number of carbonyl (C=O) groups excluding carboxylic acids is 1. The van der Waals surface area contributed by atoms with Crippen LogP contribution in [0.5, 0.6) is 0 Å². The summed E-state index contributed by atoms with van der Waals surface area (Å²) in [6.45, 7) is 6.09. The average molecular weight is 440 g/mol. The SMILES string of the molecule is Cc1cc(C)c(NC(=O)CSc2nc(-c3ccccc3)cc(-c3ccccc3)n2)c(C)c1. The van der Waals surface area contributed by atoms with Crippen LogP contribution in [0.1, 0.15) is 16.7 Å². The zero-order valence-electron chi connectivity index (χ0n) is 18.4. The number of hydrogen-bond donors (Lipinski definition) is 1. The predicted octanol–water partition coefficient (Wildman–Crippen LogP) is 6.47. The molecule has 0 saturated heterocycles. The Hall–Kier alpha value is -3.44. The van der Waals surface area contributed by atoms with E-state index in [9.17, 15) is 4.79 Å². The van der Waals surface area contributed by atoms with Crippen molar-refractivity contribution in [1.82, 2.24) is 9.97 Å². The summed E-state index contributed by atoms with van der Waals surface area (Å²) in [5.74, 6) is 0.166. The molecule has 1 N–H and O–H groups in total. The normalized spacial score (nSPS) is 10.7. The molecule has 5 heteroatoms. The Morgan fingerprint density at radius 2 is 1.28 bits per heavy atom. The van der Waals surface area contributed by atoms with Crippen molar-refractivity contribution in [3.8, 4) is 22.5 Å². The third-order valence-corrected chi connectivity index (χ3v) is 5.97. The number of thioether (sulfide) groups is 1. The lowest BCUT2D eigenvalue weighted by atomic mass is 10.1. The van der Waals surface area contributed by atoms with Crippen molar-refractivity contribution in [2.75, 3.05) is 11.1 Å². The number of aryl methyl sites for hydroxylation is 3. The molecule has 0 aliphatic rings. The maximum absolute atomic E-state index is 12.7. The van der Waals surface area contributed by atoms with Crippen molar-refractivity contribution in [3.63, 3.8) is 0 Å². The van der Waals surface area contributed by atoms with Gasteiger partial charge in [-0.25, -0.2) is 9.97 Å². The highest BCUT2D eigenvalue weighted by molar-refractivity contribution is 7.99. The fourth-order valence-electron chi connectivity index (χ4n) is 3.69. The third kappa shape index (κ3) is 5.24. The van der Waals surface area contributed by atoms with Crippen LogP contribution in [-0.2, 0) is 4.79 Å². The smallest absolute Gasteiger partial charge is 0.234 e. The Balaban J connectivity index is 1.57. The van der Waals surface area contributed by atoms with Crippen LogP contribution >= 0.6 is 11.8 Å². The molecule has 1 amide bonds. The van der Waals surface area contributed by atoms with Gasteiger partial charge in [0.2, 0.25) is 5.91 Å². The molecule has 0 atom stereocenters. The van der Waals surface area contributed by atoms with Crippen LogP contribution in [0.15, 0.2) is 84.0 Å². The predicted molar refractivity (Wildman–Crippen MR) is 133 cm³/mol. The number of nitrogens with one attached hydrogen (secondary N) is 1. The van der Waals surface area contributed by atoms with Crippen LogP contribution in [0.4, 0.5) is 5.69 Å². The largest absolute Gasteiger partial charge is 0.325 e. The Kier molecular flexibility index (Phi) is 6.66. The molecule has 4 rings (SSSR count). The molecule has 0 bridgehead atoms. The first-order valence-electron chi connectivity index (χ1n) is 10.5. The topological polar surface area (TPSA) is 54.9 Å². The summed E-state index contributed by atoms with van der Waals surface area (Å²) < 4.78 is 0. The number of aromatic nitrogens is 2. The monoisotopic (exact) mass is 439 g/mol. The van der Waals surface area contributed by atoms with Crippen LogP contribution < -0.4 is 5.32 Å². The van der Waals surface area contributed by atoms with Gasteiger partial charge in [0.25, 0.3) is 0 Å². The first-order chi connectivity index (χ1) is 15.5. The molecule has 160 valence electrons. The van der Waals surface area contributed by atoms with E-state index in [0.29, 0.717) is 5.16 Å². The van der Waals surface area contributed by atoms with E-state index in [4.69, 9.17) is 9.97 Å². The van der Waals surface area contributed by atoms with Gasteiger partial charge in [0, 0.05) is 16.8 Å². The zero-order chi connectivity index (χ0) is 22.5. The Bertz CT molecular complexity index is 1160. The van der Waals surface area contributed by atoms with Crippen LogP contribution in [0.2, 0.25) is 0 Å². The summed E-state index contributed by atoms with van der Waals surface area (Å²) in [6, 6.07) is 26.2. The van der Waals surface area contributed by atoms with Gasteiger partial charge in [0.05, 0.1) is 17.1 Å². The van der Waals surface area contributed by atoms with Gasteiger partial charge < -0.3 is 5.32 Å². The Morgan fingerprint density at radius 3 is 1.78 bits per heavy atom. The Morgan fingerprint density at radius 1 is 0.781 bits per heavy atom. The molecule has 32 heavy (non-hydrogen) atoms. The van der Waals surface area contributed by atoms with Crippen LogP contribution in [0.25, 0.3) is 22.5 Å². The van der Waals surface area contributed by atoms with Gasteiger partial charge in [-0.15, -0.1) is 0 Å². The van der Waals surface area contributed by atoms with Gasteiger partial charge in [-0.1, -0.05) is 90.1 Å². The van der Waals surface area contributed by atoms with Gasteiger partial charge in [-0.2, -0.15) is 0 Å². The number of amides is 1. The lowest BCUT2D eigenvalue weighted by molar-refractivity contribution is -0.113. The van der Waals surface area contributed by atoms with E-state index in [2.05, 4.69) is 24.4 Å². The highest BCUT2D eigenvalue weighted by atomic mass is 32.2. The number of anilines is 1. The molecule has 0 saturated carbocycles. The number of benzene rings is 3. The van der Waals surface area contributed by atoms with Crippen molar-refractivity contribution >= 4 is 23.4 Å². The van der Waals surface area contributed by atoms with Crippen LogP contribution in [-0.4, -0.2) is 21.6 Å². The zero-order valence-corrected chi connectivity index (χ0v) is 19.2. The number of rotatable bonds is 6. The maximum Gasteiger partial charge on any atom is 0.234 e. The van der Waals surface area contributed by atoms with Crippen molar-refractivity contribution in [2.24, 2.45) is 0 Å². The second-order valence-electron chi connectivity index (χ2n) is 7.76. The fraction of sp³-hybridized carbons (Fsp3) is 0.148. The summed E-state index contributed by atoms with van der Waals surface area (Å²) in [5, 5.41) is 3.63. The molecule has 1 aromatic heterocycles. The van der Waals surface area contributed by atoms with Crippen molar-refractivity contribution in [3.05, 3.63) is 95.6 Å². The number of hydrogen-bond acceptors (Lipinski definition) is 4. The van der Waals surface area contributed by atoms with Crippen molar-refractivity contribution in [1.29, 1.82) is 0 Å². The second kappa shape index (κ2) is 9.79. The molecular weight excluding hydrogens is 414 g/mol. The minimum atomic E-state index is -0.0694. The van der Waals surface area contributed by atoms with Crippen LogP contribution in [0.3, 0.4) is 0 Å². The molecule has 0 aliphatic carbocycles. The highest BCUT2D eigenvalue weighted by Gasteiger charge is 2.13. The first kappa shape index (κ1) is 21.8. The summed E-state index contributed by atoms with van der Waals surface area (Å²) in [7, 11) is 0. The standard InChI is InChI=1S/C27H25N3OS/c1-18-14-19(2)26(20(3)15-18)30-25(31)17-32-27-28-23(21-10-6-4-7-11-21)16-24(29-27)22-12-8-5-9-13-22/h4-16H,17H2,1-3H3,(H,30,31). The summed E-state index contributed by atoms with van der Waals surface area (Å²) in [6.07, 6.45) is 0. The summed E-state index contributed by atoms with van der Waals surface area (Å²) >= 11 is 1.35. The second-order valence-corrected chi connectivity index (χ2v) is 8.71. The molecule has 4 nitrogen and oxygen atoms in total. The summed E-state index contributed by atoms with van der Waals surface area (Å²) in [4.78, 5) is 22.2. The first-order valence-corrected chi connectivity index (χ1v) is 11.5. The molecule has 0 radical (unpaired) electrons. The van der Waals surface area contributed by atoms with E-state index in [1.165, 1.54) is 17.3 Å². The van der Waals surface area contributed by atoms with E-state index in [1.54, 1.807) is 0 Å². The number of nitrogens with zero attached hydrogens (tertiary/aromatic N) is 2. The molecule has 4 aromatic rings. The highest BCUT2D eigenvalue weighted by Crippen LogP contribution is 2.27. The lowest BCUT2D eigenvalue weighted by Gasteiger charge is -2.13. The van der Waals surface area contributed by atoms with Crippen molar-refractivity contribution < 1.29 is 4.79 Å². The van der Waals surface area contributed by atoms with Crippen LogP contribution in [0, 0.1) is 20.8 Å². The van der Waals surface area contributed by atoms with E-state index in [1.807, 2.05) is 80.6 Å². The van der Waals surface area contributed by atoms with Gasteiger partial charge in [0.15, 0.2) is 5.16 Å². The molecule has 0 aliphatic heterocycles. The molecule has 0 unspecified atom stereocenters. The third-order valence-electron chi connectivity index (χ3n) is 5.12. The van der Waals surface area contributed by atoms with E-state index >= 15 is 0 Å². The maximum atomic E-state index is 12.7. The Labute approximate surface area is 193 Å². The quantitative estimate of drug-likeness (QED) is 0.276.